The maximum absolute atomic E-state index is 12.7. The smallest absolute Gasteiger partial charge is 0.396 e. The predicted molar refractivity (Wildman–Crippen MR) is 107 cm³/mol. The molecular formula is C21H27F3N4O3. The lowest BCUT2D eigenvalue weighted by Gasteiger charge is -2.33. The van der Waals surface area contributed by atoms with E-state index >= 15 is 0 Å². The van der Waals surface area contributed by atoms with E-state index in [0.717, 1.165) is 17.7 Å². The molecule has 1 aromatic carbocycles. The summed E-state index contributed by atoms with van der Waals surface area (Å²) in [5.74, 6) is -0.301. The number of hydrogen-bond acceptors (Lipinski definition) is 4. The van der Waals surface area contributed by atoms with Crippen LogP contribution >= 0.6 is 0 Å². The number of aliphatic hydroxyl groups is 1. The van der Waals surface area contributed by atoms with E-state index in [0.29, 0.717) is 38.2 Å². The summed E-state index contributed by atoms with van der Waals surface area (Å²) in [7, 11) is 0. The number of ether oxygens (including phenoxy) is 1. The lowest BCUT2D eigenvalue weighted by atomic mass is 9.99. The van der Waals surface area contributed by atoms with Crippen molar-refractivity contribution >= 4 is 6.03 Å². The SMILES string of the molecule is Cc1cnn(CC2CN(C(=O)NCC(CO)Cc3ccc(C(F)(F)F)cc3)CCO2)c1. The van der Waals surface area contributed by atoms with Gasteiger partial charge in [-0.25, -0.2) is 4.79 Å². The predicted octanol–water partition coefficient (Wildman–Crippen LogP) is 2.47. The zero-order chi connectivity index (χ0) is 22.4. The molecule has 2 N–H and O–H groups in total. The number of nitrogens with zero attached hydrogens (tertiary/aromatic N) is 3. The molecule has 10 heteroatoms. The van der Waals surface area contributed by atoms with E-state index in [1.165, 1.54) is 12.1 Å². The number of urea groups is 1. The lowest BCUT2D eigenvalue weighted by molar-refractivity contribution is -0.137. The summed E-state index contributed by atoms with van der Waals surface area (Å²) < 4.78 is 45.6. The van der Waals surface area contributed by atoms with E-state index in [9.17, 15) is 23.1 Å². The van der Waals surface area contributed by atoms with Gasteiger partial charge in [0.1, 0.15) is 0 Å². The van der Waals surface area contributed by atoms with Gasteiger partial charge in [0.15, 0.2) is 0 Å². The molecule has 31 heavy (non-hydrogen) atoms. The number of hydrogen-bond donors (Lipinski definition) is 2. The van der Waals surface area contributed by atoms with Gasteiger partial charge in [0.25, 0.3) is 0 Å². The van der Waals surface area contributed by atoms with E-state index in [1.807, 2.05) is 13.1 Å². The molecule has 2 heterocycles. The molecule has 1 fully saturated rings. The summed E-state index contributed by atoms with van der Waals surface area (Å²) in [5, 5.41) is 16.7. The quantitative estimate of drug-likeness (QED) is 0.693. The molecule has 2 aromatic rings. The van der Waals surface area contributed by atoms with Gasteiger partial charge in [-0.1, -0.05) is 12.1 Å². The van der Waals surface area contributed by atoms with E-state index in [2.05, 4.69) is 10.4 Å². The fraction of sp³-hybridized carbons (Fsp3) is 0.524. The third-order valence-electron chi connectivity index (χ3n) is 5.18. The van der Waals surface area contributed by atoms with Crippen molar-refractivity contribution in [2.45, 2.75) is 32.2 Å². The van der Waals surface area contributed by atoms with Crippen molar-refractivity contribution in [2.75, 3.05) is 32.8 Å². The Morgan fingerprint density at radius 1 is 1.35 bits per heavy atom. The molecule has 1 saturated heterocycles. The third kappa shape index (κ3) is 6.70. The monoisotopic (exact) mass is 440 g/mol. The van der Waals surface area contributed by atoms with Crippen LogP contribution in [0.4, 0.5) is 18.0 Å². The van der Waals surface area contributed by atoms with Crippen molar-refractivity contribution in [1.29, 1.82) is 0 Å². The summed E-state index contributed by atoms with van der Waals surface area (Å²) in [6, 6.07) is 4.60. The first kappa shape index (κ1) is 23.1. The highest BCUT2D eigenvalue weighted by Crippen LogP contribution is 2.29. The van der Waals surface area contributed by atoms with Crippen LogP contribution < -0.4 is 5.32 Å². The average Bonchev–Trinajstić information content (AvgIpc) is 3.15. The van der Waals surface area contributed by atoms with Crippen LogP contribution in [0.5, 0.6) is 0 Å². The summed E-state index contributed by atoms with van der Waals surface area (Å²) in [5.41, 5.74) is 1.01. The normalized spacial score (nSPS) is 18.1. The number of amides is 2. The Morgan fingerprint density at radius 2 is 2.10 bits per heavy atom. The van der Waals surface area contributed by atoms with Crippen LogP contribution in [0.1, 0.15) is 16.7 Å². The van der Waals surface area contributed by atoms with Crippen molar-refractivity contribution < 1.29 is 27.8 Å². The molecule has 1 aliphatic rings. The number of carbonyl (C=O) groups excluding carboxylic acids is 1. The summed E-state index contributed by atoms with van der Waals surface area (Å²) in [4.78, 5) is 14.2. The Morgan fingerprint density at radius 3 is 2.71 bits per heavy atom. The van der Waals surface area contributed by atoms with Crippen molar-refractivity contribution in [3.63, 3.8) is 0 Å². The Bertz CT molecular complexity index is 854. The zero-order valence-corrected chi connectivity index (χ0v) is 17.3. The molecule has 0 saturated carbocycles. The van der Waals surface area contributed by atoms with Crippen molar-refractivity contribution in [1.82, 2.24) is 20.0 Å². The second-order valence-electron chi connectivity index (χ2n) is 7.81. The molecule has 2 amide bonds. The molecule has 2 unspecified atom stereocenters. The molecule has 170 valence electrons. The van der Waals surface area contributed by atoms with E-state index in [-0.39, 0.29) is 31.2 Å². The average molecular weight is 440 g/mol. The molecule has 2 atom stereocenters. The molecule has 0 bridgehead atoms. The zero-order valence-electron chi connectivity index (χ0n) is 17.3. The third-order valence-corrected chi connectivity index (χ3v) is 5.18. The van der Waals surface area contributed by atoms with Crippen LogP contribution in [0, 0.1) is 12.8 Å². The number of halogens is 3. The fourth-order valence-electron chi connectivity index (χ4n) is 3.50. The lowest BCUT2D eigenvalue weighted by Crippen LogP contribution is -2.51. The standard InChI is InChI=1S/C21H27F3N4O3/c1-15-9-26-28(11-15)13-19-12-27(6-7-31-19)20(30)25-10-17(14-29)8-16-2-4-18(5-3-16)21(22,23)24/h2-5,9,11,17,19,29H,6-8,10,12-14H2,1H3,(H,25,30). The first-order chi connectivity index (χ1) is 14.7. The van der Waals surface area contributed by atoms with Crippen LogP contribution in [-0.2, 0) is 23.9 Å². The minimum Gasteiger partial charge on any atom is -0.396 e. The van der Waals surface area contributed by atoms with Crippen LogP contribution in [0.15, 0.2) is 36.7 Å². The first-order valence-corrected chi connectivity index (χ1v) is 10.1. The van der Waals surface area contributed by atoms with Gasteiger partial charge < -0.3 is 20.1 Å². The fourth-order valence-corrected chi connectivity index (χ4v) is 3.50. The number of morpholine rings is 1. The van der Waals surface area contributed by atoms with E-state index in [1.54, 1.807) is 15.8 Å². The molecule has 7 nitrogen and oxygen atoms in total. The maximum atomic E-state index is 12.7. The van der Waals surface area contributed by atoms with Crippen LogP contribution in [0.2, 0.25) is 0 Å². The molecule has 0 spiro atoms. The van der Waals surface area contributed by atoms with Gasteiger partial charge in [-0.05, 0) is 36.6 Å². The maximum Gasteiger partial charge on any atom is 0.416 e. The van der Waals surface area contributed by atoms with Gasteiger partial charge in [-0.15, -0.1) is 0 Å². The van der Waals surface area contributed by atoms with Gasteiger partial charge in [-0.3, -0.25) is 4.68 Å². The van der Waals surface area contributed by atoms with Gasteiger partial charge in [0.05, 0.1) is 37.6 Å². The molecule has 0 radical (unpaired) electrons. The second-order valence-corrected chi connectivity index (χ2v) is 7.81. The van der Waals surface area contributed by atoms with Crippen LogP contribution in [0.25, 0.3) is 0 Å². The topological polar surface area (TPSA) is 79.6 Å². The van der Waals surface area contributed by atoms with Gasteiger partial charge in [-0.2, -0.15) is 18.3 Å². The Kier molecular flexibility index (Phi) is 7.55. The van der Waals surface area contributed by atoms with E-state index in [4.69, 9.17) is 4.74 Å². The number of rotatable bonds is 7. The molecule has 1 aliphatic heterocycles. The van der Waals surface area contributed by atoms with E-state index < -0.39 is 11.7 Å². The minimum atomic E-state index is -4.38. The van der Waals surface area contributed by atoms with Gasteiger partial charge >= 0.3 is 12.2 Å². The van der Waals surface area contributed by atoms with Crippen LogP contribution in [0.3, 0.4) is 0 Å². The molecule has 3 rings (SSSR count). The number of nitrogens with one attached hydrogen (secondary N) is 1. The number of aromatic nitrogens is 2. The highest BCUT2D eigenvalue weighted by atomic mass is 19.4. The molecule has 0 aliphatic carbocycles. The number of carbonyl (C=O) groups is 1. The summed E-state index contributed by atoms with van der Waals surface area (Å²) >= 11 is 0. The molecule has 1 aromatic heterocycles. The molecular weight excluding hydrogens is 413 g/mol. The summed E-state index contributed by atoms with van der Waals surface area (Å²) in [6.07, 6.45) is -0.511. The van der Waals surface area contributed by atoms with Gasteiger partial charge in [0.2, 0.25) is 0 Å². The second kappa shape index (κ2) is 10.1. The first-order valence-electron chi connectivity index (χ1n) is 10.1. The Hall–Kier alpha value is -2.59. The largest absolute Gasteiger partial charge is 0.416 e. The summed E-state index contributed by atoms with van der Waals surface area (Å²) in [6.45, 7) is 3.84. The van der Waals surface area contributed by atoms with Crippen LogP contribution in [-0.4, -0.2) is 64.8 Å². The highest BCUT2D eigenvalue weighted by molar-refractivity contribution is 5.74. The minimum absolute atomic E-state index is 0.167. The van der Waals surface area contributed by atoms with Crippen molar-refractivity contribution in [3.8, 4) is 0 Å². The number of aryl methyl sites for hydroxylation is 1. The Labute approximate surface area is 178 Å². The van der Waals surface area contributed by atoms with Crippen molar-refractivity contribution in [3.05, 3.63) is 53.3 Å². The highest BCUT2D eigenvalue weighted by Gasteiger charge is 2.30. The number of aliphatic hydroxyl groups excluding tert-OH is 1. The Balaban J connectivity index is 1.47. The number of benzene rings is 1. The number of alkyl halides is 3. The van der Waals surface area contributed by atoms with Crippen molar-refractivity contribution in [2.24, 2.45) is 5.92 Å². The van der Waals surface area contributed by atoms with Gasteiger partial charge in [0, 0.05) is 31.8 Å².